The van der Waals surface area contributed by atoms with Crippen LogP contribution in [0.15, 0.2) is 53.4 Å². The van der Waals surface area contributed by atoms with Gasteiger partial charge in [-0.25, -0.2) is 9.31 Å². The van der Waals surface area contributed by atoms with E-state index >= 15 is 0 Å². The summed E-state index contributed by atoms with van der Waals surface area (Å²) in [5.41, 5.74) is 2.89. The average Bonchev–Trinajstić information content (AvgIpc) is 3.32. The molecule has 0 unspecified atom stereocenters. The highest BCUT2D eigenvalue weighted by Crippen LogP contribution is 2.30. The van der Waals surface area contributed by atoms with Crippen molar-refractivity contribution < 1.29 is 4.79 Å². The third kappa shape index (κ3) is 3.66. The number of benzene rings is 2. The summed E-state index contributed by atoms with van der Waals surface area (Å²) in [6.07, 6.45) is 2.77. The molecule has 0 spiro atoms. The first-order valence-electron chi connectivity index (χ1n) is 9.44. The number of aromatic nitrogens is 3. The molecule has 3 heterocycles. The summed E-state index contributed by atoms with van der Waals surface area (Å²) in [5.74, 6) is 0.689. The number of hydrogen-bond acceptors (Lipinski definition) is 5. The zero-order valence-electron chi connectivity index (χ0n) is 16.1. The molecular weight excluding hydrogens is 438 g/mol. The average molecular weight is 456 g/mol. The number of fused-ring (bicyclic) bond motifs is 3. The van der Waals surface area contributed by atoms with Gasteiger partial charge in [-0.1, -0.05) is 29.0 Å². The molecule has 5 rings (SSSR count). The van der Waals surface area contributed by atoms with Crippen LogP contribution >= 0.6 is 34.7 Å². The van der Waals surface area contributed by atoms with Gasteiger partial charge in [-0.2, -0.15) is 4.98 Å². The number of hydrogen-bond donors (Lipinski definition) is 1. The molecule has 1 aliphatic rings. The molecule has 4 aromatic rings. The van der Waals surface area contributed by atoms with Gasteiger partial charge in [-0.05, 0) is 48.7 Å². The molecule has 30 heavy (non-hydrogen) atoms. The Morgan fingerprint density at radius 3 is 2.87 bits per heavy atom. The van der Waals surface area contributed by atoms with Gasteiger partial charge in [0.25, 0.3) is 0 Å². The number of anilines is 1. The van der Waals surface area contributed by atoms with E-state index in [1.165, 1.54) is 0 Å². The lowest BCUT2D eigenvalue weighted by molar-refractivity contribution is 0.206. The quantitative estimate of drug-likeness (QED) is 0.419. The van der Waals surface area contributed by atoms with Crippen molar-refractivity contribution in [1.29, 1.82) is 0 Å². The highest BCUT2D eigenvalue weighted by molar-refractivity contribution is 7.98. The van der Waals surface area contributed by atoms with Gasteiger partial charge in [-0.3, -0.25) is 0 Å². The van der Waals surface area contributed by atoms with Crippen LogP contribution in [0.5, 0.6) is 0 Å². The lowest BCUT2D eigenvalue weighted by Crippen LogP contribution is -2.38. The maximum atomic E-state index is 12.8. The van der Waals surface area contributed by atoms with Crippen molar-refractivity contribution in [3.63, 3.8) is 0 Å². The molecule has 2 amide bonds. The topological polar surface area (TPSA) is 62.5 Å². The molecule has 0 aliphatic carbocycles. The summed E-state index contributed by atoms with van der Waals surface area (Å²) < 4.78 is 1.92. The molecule has 0 bridgehead atoms. The summed E-state index contributed by atoms with van der Waals surface area (Å²) in [6, 6.07) is 15.3. The number of urea groups is 1. The predicted octanol–water partition coefficient (Wildman–Crippen LogP) is 5.42. The van der Waals surface area contributed by atoms with E-state index in [-0.39, 0.29) is 6.03 Å². The second-order valence-electron chi connectivity index (χ2n) is 6.94. The monoisotopic (exact) mass is 455 g/mol. The van der Waals surface area contributed by atoms with Crippen molar-refractivity contribution >= 4 is 51.4 Å². The highest BCUT2D eigenvalue weighted by Gasteiger charge is 2.26. The fraction of sp³-hybridized carbons (Fsp3) is 0.190. The second kappa shape index (κ2) is 7.94. The number of halogens is 1. The minimum absolute atomic E-state index is 0.0836. The Labute approximate surface area is 186 Å². The van der Waals surface area contributed by atoms with Gasteiger partial charge < -0.3 is 10.2 Å². The minimum atomic E-state index is -0.0836. The zero-order valence-corrected chi connectivity index (χ0v) is 18.5. The van der Waals surface area contributed by atoms with Gasteiger partial charge in [-0.15, -0.1) is 16.9 Å². The van der Waals surface area contributed by atoms with Gasteiger partial charge in [0.15, 0.2) is 5.82 Å². The van der Waals surface area contributed by atoms with Crippen molar-refractivity contribution in [3.05, 3.63) is 64.1 Å². The lowest BCUT2D eigenvalue weighted by Gasteiger charge is -2.26. The van der Waals surface area contributed by atoms with Crippen molar-refractivity contribution in [3.8, 4) is 11.4 Å². The molecule has 6 nitrogen and oxygen atoms in total. The number of amides is 2. The first-order chi connectivity index (χ1) is 14.6. The van der Waals surface area contributed by atoms with Crippen LogP contribution in [0, 0.1) is 0 Å². The fourth-order valence-electron chi connectivity index (χ4n) is 3.49. The molecule has 2 aromatic heterocycles. The van der Waals surface area contributed by atoms with Gasteiger partial charge >= 0.3 is 6.03 Å². The number of thiazole rings is 1. The molecule has 0 saturated carbocycles. The number of thioether (sulfide) groups is 1. The summed E-state index contributed by atoms with van der Waals surface area (Å²) in [4.78, 5) is 22.4. The minimum Gasteiger partial charge on any atom is -0.319 e. The van der Waals surface area contributed by atoms with Gasteiger partial charge in [0.1, 0.15) is 0 Å². The Bertz CT molecular complexity index is 1230. The van der Waals surface area contributed by atoms with Crippen molar-refractivity contribution in [1.82, 2.24) is 19.5 Å². The first-order valence-corrected chi connectivity index (χ1v) is 11.9. The summed E-state index contributed by atoms with van der Waals surface area (Å²) >= 11 is 9.22. The zero-order chi connectivity index (χ0) is 20.7. The number of carbonyl (C=O) groups is 1. The summed E-state index contributed by atoms with van der Waals surface area (Å²) in [6.45, 7) is 1.21. The fourth-order valence-corrected chi connectivity index (χ4v) is 5.19. The third-order valence-electron chi connectivity index (χ3n) is 5.03. The van der Waals surface area contributed by atoms with E-state index in [0.717, 1.165) is 38.1 Å². The number of rotatable bonds is 3. The largest absolute Gasteiger partial charge is 0.322 e. The molecular formula is C21H18ClN5OS2. The van der Waals surface area contributed by atoms with E-state index in [1.54, 1.807) is 23.1 Å². The van der Waals surface area contributed by atoms with Crippen LogP contribution in [0.2, 0.25) is 5.02 Å². The van der Waals surface area contributed by atoms with Crippen molar-refractivity contribution in [2.24, 2.45) is 0 Å². The summed E-state index contributed by atoms with van der Waals surface area (Å²) in [5, 5.41) is 8.39. The number of nitrogens with zero attached hydrogens (tertiary/aromatic N) is 4. The van der Waals surface area contributed by atoms with E-state index in [2.05, 4.69) is 10.3 Å². The highest BCUT2D eigenvalue weighted by atomic mass is 35.5. The van der Waals surface area contributed by atoms with E-state index in [0.29, 0.717) is 23.9 Å². The molecule has 9 heteroatoms. The smallest absolute Gasteiger partial charge is 0.319 e. The molecule has 1 aliphatic heterocycles. The number of nitrogens with one attached hydrogen (secondary N) is 1. The lowest BCUT2D eigenvalue weighted by atomic mass is 10.2. The second-order valence-corrected chi connectivity index (χ2v) is 9.32. The maximum Gasteiger partial charge on any atom is 0.322 e. The molecule has 1 N–H and O–H groups in total. The van der Waals surface area contributed by atoms with Crippen molar-refractivity contribution in [2.75, 3.05) is 18.1 Å². The molecule has 0 radical (unpaired) electrons. The normalized spacial score (nSPS) is 13.5. The Hall–Kier alpha value is -2.55. The molecule has 0 atom stereocenters. The third-order valence-corrected chi connectivity index (χ3v) is 7.07. The van der Waals surface area contributed by atoms with Gasteiger partial charge in [0, 0.05) is 39.0 Å². The van der Waals surface area contributed by atoms with Gasteiger partial charge in [0.05, 0.1) is 12.2 Å². The molecule has 2 aromatic carbocycles. The molecule has 0 saturated heterocycles. The van der Waals surface area contributed by atoms with Crippen LogP contribution in [0.4, 0.5) is 10.5 Å². The van der Waals surface area contributed by atoms with Crippen molar-refractivity contribution in [2.45, 2.75) is 17.9 Å². The van der Waals surface area contributed by atoms with Crippen LogP contribution in [-0.2, 0) is 13.0 Å². The summed E-state index contributed by atoms with van der Waals surface area (Å²) in [7, 11) is 0. The Morgan fingerprint density at radius 2 is 2.07 bits per heavy atom. The van der Waals surface area contributed by atoms with Crippen LogP contribution in [-0.4, -0.2) is 38.3 Å². The molecule has 152 valence electrons. The number of carbonyl (C=O) groups excluding carboxylic acids is 1. The van der Waals surface area contributed by atoms with Crippen LogP contribution in [0.25, 0.3) is 16.3 Å². The molecule has 0 fully saturated rings. The van der Waals surface area contributed by atoms with E-state index in [4.69, 9.17) is 16.7 Å². The van der Waals surface area contributed by atoms with E-state index < -0.39 is 0 Å². The standard InChI is InChI=1S/C21H18ClN5OS2/c1-29-16-4-2-3-15(11-16)23-20(28)26-10-9-17-18(12-26)30-21-24-19(25-27(17)21)13-5-7-14(22)8-6-13/h2-8,11H,9-10,12H2,1H3,(H,23,28). The van der Waals surface area contributed by atoms with Crippen LogP contribution in [0.1, 0.15) is 10.6 Å². The first kappa shape index (κ1) is 19.4. The Balaban J connectivity index is 1.34. The van der Waals surface area contributed by atoms with Crippen LogP contribution < -0.4 is 5.32 Å². The van der Waals surface area contributed by atoms with E-state index in [9.17, 15) is 4.79 Å². The SMILES string of the molecule is CSc1cccc(NC(=O)N2CCc3c(sc4nc(-c5ccc(Cl)cc5)nn34)C2)c1. The Kier molecular flexibility index (Phi) is 5.14. The van der Waals surface area contributed by atoms with Crippen LogP contribution in [0.3, 0.4) is 0 Å². The predicted molar refractivity (Wildman–Crippen MR) is 123 cm³/mol. The maximum absolute atomic E-state index is 12.8. The Morgan fingerprint density at radius 1 is 1.23 bits per heavy atom. The van der Waals surface area contributed by atoms with E-state index in [1.807, 2.05) is 64.2 Å². The van der Waals surface area contributed by atoms with Gasteiger partial charge in [0.2, 0.25) is 4.96 Å².